The first-order chi connectivity index (χ1) is 8.56. The first-order valence-corrected chi connectivity index (χ1v) is 6.76. The molecule has 4 nitrogen and oxygen atoms in total. The maximum absolute atomic E-state index is 12.2. The summed E-state index contributed by atoms with van der Waals surface area (Å²) in [5, 5.41) is 0. The third-order valence-electron chi connectivity index (χ3n) is 4.01. The van der Waals surface area contributed by atoms with E-state index >= 15 is 0 Å². The molecule has 0 spiro atoms. The van der Waals surface area contributed by atoms with E-state index in [2.05, 4.69) is 10.6 Å². The Kier molecular flexibility index (Phi) is 3.76. The summed E-state index contributed by atoms with van der Waals surface area (Å²) in [6.45, 7) is 4.70. The number of hydrogen-bond donors (Lipinski definition) is 1. The van der Waals surface area contributed by atoms with E-state index in [4.69, 9.17) is 5.73 Å². The molecular formula is C14H23N3O. The van der Waals surface area contributed by atoms with Crippen molar-refractivity contribution in [2.24, 2.45) is 5.73 Å². The highest BCUT2D eigenvalue weighted by atomic mass is 16.2. The van der Waals surface area contributed by atoms with Crippen LogP contribution in [-0.2, 0) is 11.2 Å². The van der Waals surface area contributed by atoms with Gasteiger partial charge in [0.1, 0.15) is 6.04 Å². The minimum Gasteiger partial charge on any atom is -0.344 e. The second-order valence-corrected chi connectivity index (χ2v) is 5.15. The molecule has 100 valence electrons. The normalized spacial score (nSPS) is 20.3. The fourth-order valence-electron chi connectivity index (χ4n) is 2.71. The topological polar surface area (TPSA) is 51.3 Å². The van der Waals surface area contributed by atoms with Gasteiger partial charge in [0.25, 0.3) is 0 Å². The van der Waals surface area contributed by atoms with Crippen molar-refractivity contribution in [3.63, 3.8) is 0 Å². The summed E-state index contributed by atoms with van der Waals surface area (Å²) in [4.78, 5) is 14.0. The molecule has 0 radical (unpaired) electrons. The van der Waals surface area contributed by atoms with Crippen LogP contribution in [0.15, 0.2) is 12.3 Å². The fourth-order valence-corrected chi connectivity index (χ4v) is 2.71. The average molecular weight is 249 g/mol. The Hall–Kier alpha value is -1.29. The van der Waals surface area contributed by atoms with Crippen molar-refractivity contribution in [2.75, 3.05) is 13.6 Å². The minimum absolute atomic E-state index is 0.135. The van der Waals surface area contributed by atoms with Gasteiger partial charge in [-0.15, -0.1) is 0 Å². The highest BCUT2D eigenvalue weighted by Crippen LogP contribution is 2.30. The molecule has 4 heteroatoms. The van der Waals surface area contributed by atoms with Gasteiger partial charge in [-0.1, -0.05) is 0 Å². The predicted molar refractivity (Wildman–Crippen MR) is 72.3 cm³/mol. The lowest BCUT2D eigenvalue weighted by Crippen LogP contribution is -2.33. The molecule has 0 fully saturated rings. The Morgan fingerprint density at radius 3 is 3.06 bits per heavy atom. The molecule has 2 rings (SSSR count). The number of amides is 1. The van der Waals surface area contributed by atoms with Crippen molar-refractivity contribution >= 4 is 5.91 Å². The van der Waals surface area contributed by atoms with Crippen molar-refractivity contribution in [3.8, 4) is 0 Å². The van der Waals surface area contributed by atoms with E-state index in [-0.39, 0.29) is 18.0 Å². The van der Waals surface area contributed by atoms with E-state index in [0.717, 1.165) is 25.8 Å². The van der Waals surface area contributed by atoms with Gasteiger partial charge < -0.3 is 15.2 Å². The Morgan fingerprint density at radius 1 is 1.67 bits per heavy atom. The van der Waals surface area contributed by atoms with Crippen LogP contribution in [0.4, 0.5) is 0 Å². The van der Waals surface area contributed by atoms with E-state index in [1.807, 2.05) is 27.1 Å². The number of nitrogens with zero attached hydrogens (tertiary/aromatic N) is 2. The zero-order valence-electron chi connectivity index (χ0n) is 11.5. The molecule has 2 atom stereocenters. The average Bonchev–Trinajstić information content (AvgIpc) is 2.81. The van der Waals surface area contributed by atoms with Crippen molar-refractivity contribution in [3.05, 3.63) is 23.5 Å². The van der Waals surface area contributed by atoms with Crippen LogP contribution in [0.2, 0.25) is 0 Å². The third kappa shape index (κ3) is 2.17. The molecule has 0 saturated carbocycles. The summed E-state index contributed by atoms with van der Waals surface area (Å²) in [5.74, 6) is 0.162. The fraction of sp³-hybridized carbons (Fsp3) is 0.643. The van der Waals surface area contributed by atoms with Crippen molar-refractivity contribution in [1.82, 2.24) is 9.47 Å². The molecule has 18 heavy (non-hydrogen) atoms. The largest absolute Gasteiger partial charge is 0.344 e. The van der Waals surface area contributed by atoms with Gasteiger partial charge in [-0.05, 0) is 44.7 Å². The van der Waals surface area contributed by atoms with Crippen molar-refractivity contribution in [2.45, 2.75) is 45.2 Å². The Morgan fingerprint density at radius 2 is 2.39 bits per heavy atom. The second-order valence-electron chi connectivity index (χ2n) is 5.15. The number of carbonyl (C=O) groups is 1. The van der Waals surface area contributed by atoms with Crippen LogP contribution in [0.1, 0.15) is 50.0 Å². The van der Waals surface area contributed by atoms with Crippen LogP contribution < -0.4 is 5.73 Å². The number of rotatable bonds is 3. The number of carbonyl (C=O) groups excluding carboxylic acids is 1. The number of likely N-dealkylation sites (N-methyl/N-ethyl adjacent to an activating group) is 1. The standard InChI is InChI=1S/C14H23N3O/c1-4-16(3)14(18)10(2)17-9-8-11-12(15)6-5-7-13(11)17/h8-10,12H,4-7,15H2,1-3H3. The first kappa shape index (κ1) is 13.1. The Balaban J connectivity index is 2.26. The molecule has 2 N–H and O–H groups in total. The van der Waals surface area contributed by atoms with Crippen LogP contribution in [0.3, 0.4) is 0 Å². The summed E-state index contributed by atoms with van der Waals surface area (Å²) in [5.41, 5.74) is 8.58. The molecule has 1 amide bonds. The van der Waals surface area contributed by atoms with Crippen LogP contribution >= 0.6 is 0 Å². The van der Waals surface area contributed by atoms with Crippen molar-refractivity contribution in [1.29, 1.82) is 0 Å². The van der Waals surface area contributed by atoms with Gasteiger partial charge in [0.05, 0.1) is 0 Å². The zero-order chi connectivity index (χ0) is 13.3. The number of hydrogen-bond acceptors (Lipinski definition) is 2. The van der Waals surface area contributed by atoms with E-state index in [1.54, 1.807) is 4.90 Å². The molecule has 1 aromatic rings. The molecular weight excluding hydrogens is 226 g/mol. The van der Waals surface area contributed by atoms with Gasteiger partial charge >= 0.3 is 0 Å². The summed E-state index contributed by atoms with van der Waals surface area (Å²) in [6.07, 6.45) is 5.21. The van der Waals surface area contributed by atoms with Gasteiger partial charge in [-0.2, -0.15) is 0 Å². The summed E-state index contributed by atoms with van der Waals surface area (Å²) in [7, 11) is 1.85. The SMILES string of the molecule is CCN(C)C(=O)C(C)n1ccc2c1CCCC2N. The van der Waals surface area contributed by atoms with E-state index < -0.39 is 0 Å². The van der Waals surface area contributed by atoms with Gasteiger partial charge in [0.2, 0.25) is 5.91 Å². The van der Waals surface area contributed by atoms with E-state index in [9.17, 15) is 4.79 Å². The van der Waals surface area contributed by atoms with Crippen LogP contribution in [0, 0.1) is 0 Å². The van der Waals surface area contributed by atoms with Gasteiger partial charge in [0, 0.05) is 31.5 Å². The van der Waals surface area contributed by atoms with E-state index in [1.165, 1.54) is 11.3 Å². The molecule has 0 aromatic carbocycles. The lowest BCUT2D eigenvalue weighted by atomic mass is 9.93. The molecule has 1 heterocycles. The Labute approximate surface area is 109 Å². The molecule has 1 aromatic heterocycles. The quantitative estimate of drug-likeness (QED) is 0.889. The zero-order valence-corrected chi connectivity index (χ0v) is 11.5. The second kappa shape index (κ2) is 5.14. The lowest BCUT2D eigenvalue weighted by Gasteiger charge is -2.26. The number of aromatic nitrogens is 1. The lowest BCUT2D eigenvalue weighted by molar-refractivity contribution is -0.132. The third-order valence-corrected chi connectivity index (χ3v) is 4.01. The Bertz CT molecular complexity index is 438. The minimum atomic E-state index is -0.135. The first-order valence-electron chi connectivity index (χ1n) is 6.76. The van der Waals surface area contributed by atoms with Gasteiger partial charge in [-0.3, -0.25) is 4.79 Å². The van der Waals surface area contributed by atoms with Gasteiger partial charge in [-0.25, -0.2) is 0 Å². The van der Waals surface area contributed by atoms with Crippen LogP contribution in [-0.4, -0.2) is 29.0 Å². The number of nitrogens with two attached hydrogens (primary N) is 1. The maximum atomic E-state index is 12.2. The number of fused-ring (bicyclic) bond motifs is 1. The monoisotopic (exact) mass is 249 g/mol. The highest BCUT2D eigenvalue weighted by molar-refractivity contribution is 5.80. The summed E-state index contributed by atoms with van der Waals surface area (Å²) < 4.78 is 2.10. The molecule has 0 saturated heterocycles. The smallest absolute Gasteiger partial charge is 0.245 e. The van der Waals surface area contributed by atoms with E-state index in [0.29, 0.717) is 0 Å². The molecule has 1 aliphatic rings. The van der Waals surface area contributed by atoms with Gasteiger partial charge in [0.15, 0.2) is 0 Å². The summed E-state index contributed by atoms with van der Waals surface area (Å²) >= 11 is 0. The molecule has 2 unspecified atom stereocenters. The highest BCUT2D eigenvalue weighted by Gasteiger charge is 2.25. The molecule has 0 aliphatic heterocycles. The van der Waals surface area contributed by atoms with Crippen LogP contribution in [0.5, 0.6) is 0 Å². The predicted octanol–water partition coefficient (Wildman–Crippen LogP) is 1.86. The molecule has 0 bridgehead atoms. The molecule has 1 aliphatic carbocycles. The van der Waals surface area contributed by atoms with Crippen LogP contribution in [0.25, 0.3) is 0 Å². The van der Waals surface area contributed by atoms with Crippen molar-refractivity contribution < 1.29 is 4.79 Å². The maximum Gasteiger partial charge on any atom is 0.245 e. The summed E-state index contributed by atoms with van der Waals surface area (Å²) in [6, 6.07) is 2.08.